The average molecular weight is 323 g/mol. The van der Waals surface area contributed by atoms with Crippen LogP contribution in [0.1, 0.15) is 29.9 Å². The first-order chi connectivity index (χ1) is 9.06. The van der Waals surface area contributed by atoms with E-state index in [1.807, 2.05) is 32.0 Å². The van der Waals surface area contributed by atoms with Gasteiger partial charge in [0.1, 0.15) is 5.82 Å². The van der Waals surface area contributed by atoms with Crippen molar-refractivity contribution >= 4 is 15.9 Å². The summed E-state index contributed by atoms with van der Waals surface area (Å²) in [5.74, 6) is -0.194. The molecule has 0 saturated carbocycles. The summed E-state index contributed by atoms with van der Waals surface area (Å²) < 4.78 is 14.6. The summed E-state index contributed by atoms with van der Waals surface area (Å²) in [6.07, 6.45) is 0. The molecule has 0 aliphatic heterocycles. The highest BCUT2D eigenvalue weighted by Gasteiger charge is 2.11. The molecule has 1 aromatic heterocycles. The molecular formula is C15H16BrFN2. The molecule has 0 radical (unpaired) electrons. The molecule has 0 amide bonds. The molecule has 1 atom stereocenters. The van der Waals surface area contributed by atoms with Gasteiger partial charge in [-0.2, -0.15) is 0 Å². The highest BCUT2D eigenvalue weighted by Crippen LogP contribution is 2.21. The van der Waals surface area contributed by atoms with Gasteiger partial charge in [0.25, 0.3) is 0 Å². The van der Waals surface area contributed by atoms with E-state index >= 15 is 0 Å². The zero-order chi connectivity index (χ0) is 13.8. The van der Waals surface area contributed by atoms with Crippen LogP contribution in [-0.2, 0) is 6.54 Å². The van der Waals surface area contributed by atoms with E-state index in [-0.39, 0.29) is 11.9 Å². The SMILES string of the molecule is Cc1cccc(CNC(C)c2cc(Br)ccc2F)n1. The maximum atomic E-state index is 13.7. The van der Waals surface area contributed by atoms with Crippen molar-refractivity contribution in [2.45, 2.75) is 26.4 Å². The molecule has 0 saturated heterocycles. The standard InChI is InChI=1S/C15H16BrFN2/c1-10-4-3-5-13(19-10)9-18-11(2)14-8-12(16)6-7-15(14)17/h3-8,11,18H,9H2,1-2H3. The lowest BCUT2D eigenvalue weighted by atomic mass is 10.1. The second kappa shape index (κ2) is 6.26. The van der Waals surface area contributed by atoms with E-state index in [1.165, 1.54) is 6.07 Å². The van der Waals surface area contributed by atoms with Crippen LogP contribution < -0.4 is 5.32 Å². The van der Waals surface area contributed by atoms with Gasteiger partial charge in [-0.25, -0.2) is 4.39 Å². The van der Waals surface area contributed by atoms with E-state index in [9.17, 15) is 4.39 Å². The van der Waals surface area contributed by atoms with Crippen molar-refractivity contribution in [3.8, 4) is 0 Å². The quantitative estimate of drug-likeness (QED) is 0.915. The second-order valence-corrected chi connectivity index (χ2v) is 5.45. The van der Waals surface area contributed by atoms with E-state index in [4.69, 9.17) is 0 Å². The minimum Gasteiger partial charge on any atom is -0.304 e. The molecule has 0 spiro atoms. The molecule has 1 unspecified atom stereocenters. The van der Waals surface area contributed by atoms with E-state index in [2.05, 4.69) is 26.2 Å². The van der Waals surface area contributed by atoms with Gasteiger partial charge in [-0.1, -0.05) is 22.0 Å². The van der Waals surface area contributed by atoms with Gasteiger partial charge in [0, 0.05) is 28.3 Å². The maximum absolute atomic E-state index is 13.7. The minimum atomic E-state index is -0.194. The number of halogens is 2. The smallest absolute Gasteiger partial charge is 0.128 e. The number of aromatic nitrogens is 1. The fourth-order valence-electron chi connectivity index (χ4n) is 1.91. The van der Waals surface area contributed by atoms with Gasteiger partial charge < -0.3 is 5.32 Å². The average Bonchev–Trinajstić information content (AvgIpc) is 2.39. The van der Waals surface area contributed by atoms with Crippen molar-refractivity contribution in [1.82, 2.24) is 10.3 Å². The highest BCUT2D eigenvalue weighted by atomic mass is 79.9. The van der Waals surface area contributed by atoms with Crippen molar-refractivity contribution in [2.24, 2.45) is 0 Å². The fourth-order valence-corrected chi connectivity index (χ4v) is 2.29. The van der Waals surface area contributed by atoms with Crippen LogP contribution in [0, 0.1) is 12.7 Å². The number of nitrogens with one attached hydrogen (secondary N) is 1. The van der Waals surface area contributed by atoms with Crippen LogP contribution in [0.5, 0.6) is 0 Å². The highest BCUT2D eigenvalue weighted by molar-refractivity contribution is 9.10. The molecule has 2 rings (SSSR count). The Morgan fingerprint density at radius 3 is 2.84 bits per heavy atom. The van der Waals surface area contributed by atoms with Crippen molar-refractivity contribution < 1.29 is 4.39 Å². The number of benzene rings is 1. The van der Waals surface area contributed by atoms with Crippen LogP contribution in [0.4, 0.5) is 4.39 Å². The lowest BCUT2D eigenvalue weighted by Crippen LogP contribution is -2.19. The number of hydrogen-bond donors (Lipinski definition) is 1. The summed E-state index contributed by atoms with van der Waals surface area (Å²) in [4.78, 5) is 4.41. The molecule has 4 heteroatoms. The first kappa shape index (κ1) is 14.2. The molecule has 19 heavy (non-hydrogen) atoms. The summed E-state index contributed by atoms with van der Waals surface area (Å²) in [6, 6.07) is 10.8. The molecular weight excluding hydrogens is 307 g/mol. The van der Waals surface area contributed by atoms with Gasteiger partial charge in [0.05, 0.1) is 5.69 Å². The molecule has 1 N–H and O–H groups in total. The first-order valence-electron chi connectivity index (χ1n) is 6.17. The van der Waals surface area contributed by atoms with Crippen LogP contribution in [0.15, 0.2) is 40.9 Å². The number of aryl methyl sites for hydroxylation is 1. The third-order valence-corrected chi connectivity index (χ3v) is 3.45. The summed E-state index contributed by atoms with van der Waals surface area (Å²) in [5, 5.41) is 3.29. The zero-order valence-corrected chi connectivity index (χ0v) is 12.5. The fraction of sp³-hybridized carbons (Fsp3) is 0.267. The van der Waals surface area contributed by atoms with Crippen molar-refractivity contribution in [3.05, 3.63) is 63.6 Å². The molecule has 1 heterocycles. The summed E-state index contributed by atoms with van der Waals surface area (Å²) in [7, 11) is 0. The number of hydrogen-bond acceptors (Lipinski definition) is 2. The van der Waals surface area contributed by atoms with E-state index in [0.29, 0.717) is 12.1 Å². The van der Waals surface area contributed by atoms with E-state index in [0.717, 1.165) is 15.9 Å². The molecule has 100 valence electrons. The van der Waals surface area contributed by atoms with Crippen molar-refractivity contribution in [2.75, 3.05) is 0 Å². The predicted octanol–water partition coefficient (Wildman–Crippen LogP) is 4.14. The lowest BCUT2D eigenvalue weighted by Gasteiger charge is -2.15. The summed E-state index contributed by atoms with van der Waals surface area (Å²) in [5.41, 5.74) is 2.60. The monoisotopic (exact) mass is 322 g/mol. The normalized spacial score (nSPS) is 12.4. The zero-order valence-electron chi connectivity index (χ0n) is 11.0. The Morgan fingerprint density at radius 1 is 1.32 bits per heavy atom. The number of rotatable bonds is 4. The molecule has 0 fully saturated rings. The third kappa shape index (κ3) is 3.85. The lowest BCUT2D eigenvalue weighted by molar-refractivity contribution is 0.524. The largest absolute Gasteiger partial charge is 0.304 e. The summed E-state index contributed by atoms with van der Waals surface area (Å²) >= 11 is 3.36. The Balaban J connectivity index is 2.05. The number of pyridine rings is 1. The van der Waals surface area contributed by atoms with Crippen molar-refractivity contribution in [3.63, 3.8) is 0 Å². The predicted molar refractivity (Wildman–Crippen MR) is 78.3 cm³/mol. The topological polar surface area (TPSA) is 24.9 Å². The van der Waals surface area contributed by atoms with Gasteiger partial charge in [0.2, 0.25) is 0 Å². The Kier molecular flexibility index (Phi) is 4.66. The van der Waals surface area contributed by atoms with Gasteiger partial charge in [-0.05, 0) is 44.2 Å². The second-order valence-electron chi connectivity index (χ2n) is 4.54. The van der Waals surface area contributed by atoms with Crippen LogP contribution in [0.25, 0.3) is 0 Å². The van der Waals surface area contributed by atoms with Crippen LogP contribution >= 0.6 is 15.9 Å². The molecule has 0 bridgehead atoms. The van der Waals surface area contributed by atoms with E-state index in [1.54, 1.807) is 12.1 Å². The van der Waals surface area contributed by atoms with Gasteiger partial charge in [0.15, 0.2) is 0 Å². The van der Waals surface area contributed by atoms with E-state index < -0.39 is 0 Å². The van der Waals surface area contributed by atoms with Crippen LogP contribution in [-0.4, -0.2) is 4.98 Å². The molecule has 0 aliphatic rings. The van der Waals surface area contributed by atoms with Crippen LogP contribution in [0.2, 0.25) is 0 Å². The maximum Gasteiger partial charge on any atom is 0.128 e. The first-order valence-corrected chi connectivity index (χ1v) is 6.96. The molecule has 2 nitrogen and oxygen atoms in total. The van der Waals surface area contributed by atoms with Gasteiger partial charge in [-0.3, -0.25) is 4.98 Å². The summed E-state index contributed by atoms with van der Waals surface area (Å²) in [6.45, 7) is 4.52. The van der Waals surface area contributed by atoms with Gasteiger partial charge >= 0.3 is 0 Å². The third-order valence-electron chi connectivity index (χ3n) is 2.96. The molecule has 2 aromatic rings. The molecule has 1 aromatic carbocycles. The van der Waals surface area contributed by atoms with Crippen LogP contribution in [0.3, 0.4) is 0 Å². The minimum absolute atomic E-state index is 0.0696. The Hall–Kier alpha value is -1.26. The Bertz CT molecular complexity index is 572. The van der Waals surface area contributed by atoms with Gasteiger partial charge in [-0.15, -0.1) is 0 Å². The van der Waals surface area contributed by atoms with Crippen molar-refractivity contribution in [1.29, 1.82) is 0 Å². The molecule has 0 aliphatic carbocycles. The Morgan fingerprint density at radius 2 is 2.11 bits per heavy atom. The number of nitrogens with zero attached hydrogens (tertiary/aromatic N) is 1. The Labute approximate surface area is 121 Å².